The number of aromatic nitrogens is 1. The van der Waals surface area contributed by atoms with Gasteiger partial charge in [-0.05, 0) is 37.9 Å². The zero-order valence-corrected chi connectivity index (χ0v) is 11.4. The number of pyridine rings is 1. The van der Waals surface area contributed by atoms with Crippen molar-refractivity contribution in [2.75, 3.05) is 25.4 Å². The maximum absolute atomic E-state index is 12.0. The minimum Gasteiger partial charge on any atom is -0.397 e. The number of rotatable bonds is 4. The Morgan fingerprint density at radius 1 is 1.47 bits per heavy atom. The van der Waals surface area contributed by atoms with E-state index in [0.717, 1.165) is 32.5 Å². The molecular weight excluding hydrogens is 240 g/mol. The number of carbonyl (C=O) groups excluding carboxylic acids is 1. The van der Waals surface area contributed by atoms with Crippen molar-refractivity contribution in [3.63, 3.8) is 0 Å². The topological polar surface area (TPSA) is 71.2 Å². The molecule has 0 spiro atoms. The number of nitrogens with two attached hydrogens (primary N) is 1. The Labute approximate surface area is 114 Å². The number of hydrogen-bond acceptors (Lipinski definition) is 4. The first-order valence-electron chi connectivity index (χ1n) is 6.93. The third kappa shape index (κ3) is 3.92. The third-order valence-electron chi connectivity index (χ3n) is 3.48. The molecule has 1 amide bonds. The molecule has 0 bridgehead atoms. The maximum Gasteiger partial charge on any atom is 0.270 e. The lowest BCUT2D eigenvalue weighted by atomic mass is 10.0. The van der Waals surface area contributed by atoms with E-state index in [9.17, 15) is 4.79 Å². The Bertz CT molecular complexity index is 410. The molecule has 2 heterocycles. The lowest BCUT2D eigenvalue weighted by molar-refractivity contribution is 0.0906. The Morgan fingerprint density at radius 3 is 2.79 bits per heavy atom. The van der Waals surface area contributed by atoms with Crippen molar-refractivity contribution in [1.29, 1.82) is 0 Å². The lowest BCUT2D eigenvalue weighted by Crippen LogP contribution is -2.44. The highest BCUT2D eigenvalue weighted by atomic mass is 16.1. The van der Waals surface area contributed by atoms with Crippen molar-refractivity contribution >= 4 is 11.6 Å². The van der Waals surface area contributed by atoms with Crippen LogP contribution in [0, 0.1) is 0 Å². The molecule has 1 aromatic heterocycles. The molecule has 1 fully saturated rings. The molecule has 1 aliphatic rings. The fourth-order valence-corrected chi connectivity index (χ4v) is 2.42. The van der Waals surface area contributed by atoms with Crippen LogP contribution in [0.5, 0.6) is 0 Å². The average molecular weight is 262 g/mol. The summed E-state index contributed by atoms with van der Waals surface area (Å²) in [5, 5.41) is 3.05. The smallest absolute Gasteiger partial charge is 0.270 e. The van der Waals surface area contributed by atoms with E-state index in [-0.39, 0.29) is 11.9 Å². The van der Waals surface area contributed by atoms with Gasteiger partial charge in [0.1, 0.15) is 5.69 Å². The summed E-state index contributed by atoms with van der Waals surface area (Å²) >= 11 is 0. The molecule has 5 nitrogen and oxygen atoms in total. The summed E-state index contributed by atoms with van der Waals surface area (Å²) in [7, 11) is 0. The molecule has 3 N–H and O–H groups in total. The van der Waals surface area contributed by atoms with Gasteiger partial charge in [0.15, 0.2) is 0 Å². The maximum atomic E-state index is 12.0. The summed E-state index contributed by atoms with van der Waals surface area (Å²) in [6.45, 7) is 5.47. The summed E-state index contributed by atoms with van der Waals surface area (Å²) in [6, 6.07) is 3.63. The van der Waals surface area contributed by atoms with E-state index in [0.29, 0.717) is 11.4 Å². The molecule has 1 saturated heterocycles. The van der Waals surface area contributed by atoms with Crippen LogP contribution in [-0.4, -0.2) is 41.5 Å². The number of piperidine rings is 1. The molecular formula is C14H22N4O. The minimum atomic E-state index is -0.103. The highest BCUT2D eigenvalue weighted by Gasteiger charge is 2.20. The molecule has 0 saturated carbocycles. The van der Waals surface area contributed by atoms with Crippen molar-refractivity contribution in [2.45, 2.75) is 32.2 Å². The number of anilines is 1. The molecule has 1 aromatic rings. The number of hydrogen-bond donors (Lipinski definition) is 2. The van der Waals surface area contributed by atoms with Gasteiger partial charge >= 0.3 is 0 Å². The van der Waals surface area contributed by atoms with E-state index in [2.05, 4.69) is 22.1 Å². The van der Waals surface area contributed by atoms with E-state index in [4.69, 9.17) is 5.73 Å². The number of nitrogens with one attached hydrogen (secondary N) is 1. The molecule has 0 atom stereocenters. The highest BCUT2D eigenvalue weighted by Crippen LogP contribution is 2.11. The summed E-state index contributed by atoms with van der Waals surface area (Å²) in [6.07, 6.45) is 4.73. The highest BCUT2D eigenvalue weighted by molar-refractivity contribution is 5.92. The second-order valence-electron chi connectivity index (χ2n) is 5.07. The molecule has 104 valence electrons. The van der Waals surface area contributed by atoms with Crippen LogP contribution in [0.4, 0.5) is 5.69 Å². The summed E-state index contributed by atoms with van der Waals surface area (Å²) < 4.78 is 0. The Kier molecular flexibility index (Phi) is 4.74. The van der Waals surface area contributed by atoms with Gasteiger partial charge in [-0.25, -0.2) is 4.98 Å². The van der Waals surface area contributed by atoms with Crippen LogP contribution in [0.1, 0.15) is 36.7 Å². The summed E-state index contributed by atoms with van der Waals surface area (Å²) in [5.41, 5.74) is 6.56. The molecule has 0 aliphatic carbocycles. The number of nitrogens with zero attached hydrogens (tertiary/aromatic N) is 2. The van der Waals surface area contributed by atoms with Gasteiger partial charge in [-0.3, -0.25) is 4.79 Å². The van der Waals surface area contributed by atoms with Crippen molar-refractivity contribution < 1.29 is 4.79 Å². The zero-order valence-electron chi connectivity index (χ0n) is 11.4. The second kappa shape index (κ2) is 6.52. The molecule has 0 unspecified atom stereocenters. The van der Waals surface area contributed by atoms with E-state index in [1.54, 1.807) is 12.1 Å². The number of likely N-dealkylation sites (tertiary alicyclic amines) is 1. The van der Waals surface area contributed by atoms with Gasteiger partial charge in [-0.1, -0.05) is 6.92 Å². The van der Waals surface area contributed by atoms with Crippen LogP contribution in [0.2, 0.25) is 0 Å². The van der Waals surface area contributed by atoms with Gasteiger partial charge in [-0.2, -0.15) is 0 Å². The van der Waals surface area contributed by atoms with Crippen LogP contribution >= 0.6 is 0 Å². The molecule has 2 rings (SSSR count). The largest absolute Gasteiger partial charge is 0.397 e. The summed E-state index contributed by atoms with van der Waals surface area (Å²) in [5.74, 6) is -0.103. The van der Waals surface area contributed by atoms with Crippen LogP contribution < -0.4 is 11.1 Å². The molecule has 5 heteroatoms. The summed E-state index contributed by atoms with van der Waals surface area (Å²) in [4.78, 5) is 18.5. The van der Waals surface area contributed by atoms with Gasteiger partial charge in [-0.15, -0.1) is 0 Å². The molecule has 0 aromatic carbocycles. The van der Waals surface area contributed by atoms with Crippen LogP contribution in [0.25, 0.3) is 0 Å². The van der Waals surface area contributed by atoms with Crippen molar-refractivity contribution in [2.24, 2.45) is 0 Å². The molecule has 19 heavy (non-hydrogen) atoms. The first kappa shape index (κ1) is 13.8. The standard InChI is InChI=1S/C14H22N4O/c1-2-7-18-8-5-12(6-9-18)17-14(19)13-4-3-11(15)10-16-13/h3-4,10,12H,2,5-9,15H2,1H3,(H,17,19). The SMILES string of the molecule is CCCN1CCC(NC(=O)c2ccc(N)cn2)CC1. The van der Waals surface area contributed by atoms with Crippen molar-refractivity contribution in [3.05, 3.63) is 24.0 Å². The van der Waals surface area contributed by atoms with Gasteiger partial charge in [0.05, 0.1) is 11.9 Å². The Hall–Kier alpha value is -1.62. The van der Waals surface area contributed by atoms with E-state index in [1.165, 1.54) is 12.6 Å². The Morgan fingerprint density at radius 2 is 2.21 bits per heavy atom. The van der Waals surface area contributed by atoms with Gasteiger partial charge in [0.2, 0.25) is 0 Å². The fraction of sp³-hybridized carbons (Fsp3) is 0.571. The normalized spacial score (nSPS) is 17.3. The van der Waals surface area contributed by atoms with Gasteiger partial charge in [0, 0.05) is 19.1 Å². The van der Waals surface area contributed by atoms with Crippen LogP contribution in [-0.2, 0) is 0 Å². The zero-order chi connectivity index (χ0) is 13.7. The lowest BCUT2D eigenvalue weighted by Gasteiger charge is -2.31. The average Bonchev–Trinajstić information content (AvgIpc) is 2.42. The monoisotopic (exact) mass is 262 g/mol. The minimum absolute atomic E-state index is 0.103. The van der Waals surface area contributed by atoms with Crippen molar-refractivity contribution in [1.82, 2.24) is 15.2 Å². The van der Waals surface area contributed by atoms with Crippen LogP contribution in [0.3, 0.4) is 0 Å². The first-order valence-corrected chi connectivity index (χ1v) is 6.93. The molecule has 1 aliphatic heterocycles. The first-order chi connectivity index (χ1) is 9.19. The predicted octanol–water partition coefficient (Wildman–Crippen LogP) is 1.27. The van der Waals surface area contributed by atoms with E-state index >= 15 is 0 Å². The van der Waals surface area contributed by atoms with Crippen molar-refractivity contribution in [3.8, 4) is 0 Å². The van der Waals surface area contributed by atoms with E-state index < -0.39 is 0 Å². The second-order valence-corrected chi connectivity index (χ2v) is 5.07. The number of carbonyl (C=O) groups is 1. The fourth-order valence-electron chi connectivity index (χ4n) is 2.42. The van der Waals surface area contributed by atoms with E-state index in [1.807, 2.05) is 0 Å². The quantitative estimate of drug-likeness (QED) is 0.857. The van der Waals surface area contributed by atoms with Crippen LogP contribution in [0.15, 0.2) is 18.3 Å². The number of amides is 1. The third-order valence-corrected chi connectivity index (χ3v) is 3.48. The predicted molar refractivity (Wildman–Crippen MR) is 75.9 cm³/mol. The Balaban J connectivity index is 1.82. The number of nitrogen functional groups attached to an aromatic ring is 1. The van der Waals surface area contributed by atoms with Gasteiger partial charge in [0.25, 0.3) is 5.91 Å². The van der Waals surface area contributed by atoms with Gasteiger partial charge < -0.3 is 16.0 Å². The molecule has 0 radical (unpaired) electrons.